The van der Waals surface area contributed by atoms with E-state index >= 15 is 0 Å². The Bertz CT molecular complexity index is 620. The van der Waals surface area contributed by atoms with Gasteiger partial charge in [0.25, 0.3) is 0 Å². The fraction of sp³-hybridized carbons (Fsp3) is 0.214. The number of carbonyl (C=O) groups is 2. The van der Waals surface area contributed by atoms with E-state index in [0.717, 1.165) is 5.56 Å². The highest BCUT2D eigenvalue weighted by Gasteiger charge is 2.17. The first kappa shape index (κ1) is 13.8. The number of nitrogens with zero attached hydrogens (tertiary/aromatic N) is 2. The van der Waals surface area contributed by atoms with Crippen LogP contribution in [0.15, 0.2) is 36.5 Å². The summed E-state index contributed by atoms with van der Waals surface area (Å²) in [6.07, 6.45) is 1.56. The van der Waals surface area contributed by atoms with Gasteiger partial charge in [-0.25, -0.2) is 4.79 Å². The lowest BCUT2D eigenvalue weighted by atomic mass is 10.2. The van der Waals surface area contributed by atoms with Gasteiger partial charge in [0.2, 0.25) is 5.91 Å². The van der Waals surface area contributed by atoms with Gasteiger partial charge in [-0.15, -0.1) is 0 Å². The second kappa shape index (κ2) is 6.01. The Morgan fingerprint density at radius 3 is 2.60 bits per heavy atom. The molecule has 2 aromatic rings. The van der Waals surface area contributed by atoms with Crippen molar-refractivity contribution in [3.05, 3.63) is 47.7 Å². The molecule has 104 valence electrons. The highest BCUT2D eigenvalue weighted by atomic mass is 16.5. The van der Waals surface area contributed by atoms with Gasteiger partial charge in [-0.3, -0.25) is 9.48 Å². The number of benzene rings is 1. The predicted octanol–water partition coefficient (Wildman–Crippen LogP) is 1.68. The molecule has 0 radical (unpaired) electrons. The Balaban J connectivity index is 2.28. The van der Waals surface area contributed by atoms with Crippen LogP contribution in [0.5, 0.6) is 0 Å². The normalized spacial score (nSPS) is 10.1. The lowest BCUT2D eigenvalue weighted by Gasteiger charge is -2.01. The number of methoxy groups -OCH3 is 1. The number of rotatable bonds is 4. The monoisotopic (exact) mass is 273 g/mol. The molecule has 0 spiro atoms. The van der Waals surface area contributed by atoms with Crippen molar-refractivity contribution in [3.63, 3.8) is 0 Å². The molecule has 0 aliphatic carbocycles. The number of anilines is 1. The Labute approximate surface area is 116 Å². The summed E-state index contributed by atoms with van der Waals surface area (Å²) in [6.45, 7) is 1.86. The first-order chi connectivity index (χ1) is 9.60. The Kier molecular flexibility index (Phi) is 4.14. The summed E-state index contributed by atoms with van der Waals surface area (Å²) in [4.78, 5) is 22.8. The number of nitrogens with one attached hydrogen (secondary N) is 1. The van der Waals surface area contributed by atoms with Crippen molar-refractivity contribution in [3.8, 4) is 0 Å². The average Bonchev–Trinajstić information content (AvgIpc) is 2.81. The number of hydrogen-bond donors (Lipinski definition) is 1. The minimum Gasteiger partial charge on any atom is -0.465 e. The molecule has 0 fully saturated rings. The molecule has 0 unspecified atom stereocenters. The molecular formula is C14H15N3O3. The van der Waals surface area contributed by atoms with Gasteiger partial charge < -0.3 is 10.1 Å². The number of ether oxygens (including phenoxy) is 1. The number of esters is 1. The van der Waals surface area contributed by atoms with E-state index in [0.29, 0.717) is 6.54 Å². The topological polar surface area (TPSA) is 73.2 Å². The van der Waals surface area contributed by atoms with E-state index in [4.69, 9.17) is 0 Å². The summed E-state index contributed by atoms with van der Waals surface area (Å²) in [6, 6.07) is 9.69. The van der Waals surface area contributed by atoms with Crippen LogP contribution >= 0.6 is 0 Å². The fourth-order valence-corrected chi connectivity index (χ4v) is 1.79. The zero-order valence-electron chi connectivity index (χ0n) is 11.3. The summed E-state index contributed by atoms with van der Waals surface area (Å²) < 4.78 is 6.27. The fourth-order valence-electron chi connectivity index (χ4n) is 1.79. The zero-order valence-corrected chi connectivity index (χ0v) is 11.3. The third kappa shape index (κ3) is 3.23. The minimum atomic E-state index is -0.534. The van der Waals surface area contributed by atoms with Crippen LogP contribution in [0.2, 0.25) is 0 Å². The molecule has 1 aromatic carbocycles. The summed E-state index contributed by atoms with van der Waals surface area (Å²) >= 11 is 0. The van der Waals surface area contributed by atoms with Gasteiger partial charge in [-0.2, -0.15) is 5.10 Å². The summed E-state index contributed by atoms with van der Waals surface area (Å²) in [7, 11) is 1.29. The van der Waals surface area contributed by atoms with E-state index in [9.17, 15) is 9.59 Å². The van der Waals surface area contributed by atoms with Crippen molar-refractivity contribution in [2.45, 2.75) is 13.5 Å². The Morgan fingerprint density at radius 2 is 2.00 bits per heavy atom. The van der Waals surface area contributed by atoms with E-state index in [-0.39, 0.29) is 17.3 Å². The second-order valence-corrected chi connectivity index (χ2v) is 4.25. The molecule has 6 nitrogen and oxygen atoms in total. The van der Waals surface area contributed by atoms with Gasteiger partial charge in [-0.05, 0) is 5.56 Å². The average molecular weight is 273 g/mol. The first-order valence-corrected chi connectivity index (χ1v) is 6.07. The number of carbonyl (C=O) groups excluding carboxylic acids is 2. The second-order valence-electron chi connectivity index (χ2n) is 4.25. The van der Waals surface area contributed by atoms with Crippen molar-refractivity contribution in [2.24, 2.45) is 0 Å². The molecule has 1 amide bonds. The van der Waals surface area contributed by atoms with E-state index in [2.05, 4.69) is 15.2 Å². The van der Waals surface area contributed by atoms with Gasteiger partial charge >= 0.3 is 5.97 Å². The van der Waals surface area contributed by atoms with E-state index < -0.39 is 5.97 Å². The highest BCUT2D eigenvalue weighted by molar-refractivity contribution is 5.99. The molecule has 20 heavy (non-hydrogen) atoms. The molecule has 2 rings (SSSR count). The Morgan fingerprint density at radius 1 is 1.30 bits per heavy atom. The molecule has 0 aliphatic heterocycles. The van der Waals surface area contributed by atoms with E-state index in [1.807, 2.05) is 30.3 Å². The van der Waals surface area contributed by atoms with Crippen LogP contribution in [0.25, 0.3) is 0 Å². The molecule has 1 heterocycles. The zero-order chi connectivity index (χ0) is 14.5. The highest BCUT2D eigenvalue weighted by Crippen LogP contribution is 2.15. The lowest BCUT2D eigenvalue weighted by Crippen LogP contribution is -2.11. The maximum absolute atomic E-state index is 11.7. The molecular weight excluding hydrogens is 258 g/mol. The minimum absolute atomic E-state index is 0.209. The summed E-state index contributed by atoms with van der Waals surface area (Å²) in [5.41, 5.74) is 1.28. The smallest absolute Gasteiger partial charge is 0.343 e. The molecule has 0 saturated heterocycles. The maximum Gasteiger partial charge on any atom is 0.343 e. The van der Waals surface area contributed by atoms with Crippen molar-refractivity contribution in [1.82, 2.24) is 9.78 Å². The predicted molar refractivity (Wildman–Crippen MR) is 73.4 cm³/mol. The van der Waals surface area contributed by atoms with Crippen molar-refractivity contribution in [2.75, 3.05) is 12.4 Å². The molecule has 0 saturated carbocycles. The SMILES string of the molecule is COC(=O)c1cn(Cc2ccccc2)nc1NC(C)=O. The molecule has 1 aromatic heterocycles. The quantitative estimate of drug-likeness (QED) is 0.860. The van der Waals surface area contributed by atoms with Gasteiger partial charge in [0, 0.05) is 13.1 Å². The van der Waals surface area contributed by atoms with Crippen LogP contribution in [0, 0.1) is 0 Å². The third-order valence-corrected chi connectivity index (χ3v) is 2.65. The molecule has 1 N–H and O–H groups in total. The molecule has 0 aliphatic rings. The largest absolute Gasteiger partial charge is 0.465 e. The van der Waals surface area contributed by atoms with Gasteiger partial charge in [0.05, 0.1) is 13.7 Å². The van der Waals surface area contributed by atoms with Crippen molar-refractivity contribution < 1.29 is 14.3 Å². The summed E-state index contributed by atoms with van der Waals surface area (Å²) in [5, 5.41) is 6.72. The van der Waals surface area contributed by atoms with Crippen LogP contribution in [0.4, 0.5) is 5.82 Å². The summed E-state index contributed by atoms with van der Waals surface area (Å²) in [5.74, 6) is -0.617. The Hall–Kier alpha value is -2.63. The molecule has 6 heteroatoms. The lowest BCUT2D eigenvalue weighted by molar-refractivity contribution is -0.114. The van der Waals surface area contributed by atoms with Crippen molar-refractivity contribution >= 4 is 17.7 Å². The molecule has 0 bridgehead atoms. The van der Waals surface area contributed by atoms with Crippen LogP contribution in [-0.4, -0.2) is 28.8 Å². The number of hydrogen-bond acceptors (Lipinski definition) is 4. The van der Waals surface area contributed by atoms with Crippen LogP contribution in [-0.2, 0) is 16.1 Å². The standard InChI is InChI=1S/C14H15N3O3/c1-10(18)15-13-12(14(19)20-2)9-17(16-13)8-11-6-4-3-5-7-11/h3-7,9H,8H2,1-2H3,(H,15,16,18). The first-order valence-electron chi connectivity index (χ1n) is 6.07. The van der Waals surface area contributed by atoms with Crippen LogP contribution in [0.3, 0.4) is 0 Å². The van der Waals surface area contributed by atoms with E-state index in [1.54, 1.807) is 10.9 Å². The third-order valence-electron chi connectivity index (χ3n) is 2.65. The van der Waals surface area contributed by atoms with Crippen molar-refractivity contribution in [1.29, 1.82) is 0 Å². The number of aromatic nitrogens is 2. The van der Waals surface area contributed by atoms with Gasteiger partial charge in [0.1, 0.15) is 5.56 Å². The van der Waals surface area contributed by atoms with E-state index in [1.165, 1.54) is 14.0 Å². The van der Waals surface area contributed by atoms with Gasteiger partial charge in [0.15, 0.2) is 5.82 Å². The van der Waals surface area contributed by atoms with Gasteiger partial charge in [-0.1, -0.05) is 30.3 Å². The van der Waals surface area contributed by atoms with Crippen LogP contribution in [0.1, 0.15) is 22.8 Å². The molecule has 0 atom stereocenters. The number of amides is 1. The maximum atomic E-state index is 11.7. The van der Waals surface area contributed by atoms with Crippen LogP contribution < -0.4 is 5.32 Å².